The van der Waals surface area contributed by atoms with Crippen molar-refractivity contribution in [1.29, 1.82) is 0 Å². The van der Waals surface area contributed by atoms with E-state index in [0.29, 0.717) is 18.4 Å². The molecule has 0 spiro atoms. The Balaban J connectivity index is 2.51. The summed E-state index contributed by atoms with van der Waals surface area (Å²) >= 11 is 0. The highest BCUT2D eigenvalue weighted by molar-refractivity contribution is 6.43. The minimum atomic E-state index is -1.92. The minimum absolute atomic E-state index is 0.0232. The van der Waals surface area contributed by atoms with Crippen molar-refractivity contribution in [1.82, 2.24) is 31.9 Å². The fraction of sp³-hybridized carbons (Fsp3) is 0.585. The van der Waals surface area contributed by atoms with Crippen LogP contribution in [0.15, 0.2) is 36.9 Å². The van der Waals surface area contributed by atoms with Gasteiger partial charge in [0.15, 0.2) is 0 Å². The number of aryl methyl sites for hydroxylation is 1. The Morgan fingerprint density at radius 3 is 1.82 bits per heavy atom. The lowest BCUT2D eigenvalue weighted by Gasteiger charge is -2.33. The molecule has 1 unspecified atom stereocenters. The number of benzene rings is 1. The molecule has 1 saturated carbocycles. The number of hydrogen-bond acceptors (Lipinski definition) is 11. The molecule has 6 amide bonds. The van der Waals surface area contributed by atoms with Crippen LogP contribution in [0.25, 0.3) is 0 Å². The van der Waals surface area contributed by atoms with Gasteiger partial charge in [0.05, 0.1) is 18.8 Å². The van der Waals surface area contributed by atoms with Crippen molar-refractivity contribution < 1.29 is 68.5 Å². The van der Waals surface area contributed by atoms with E-state index >= 15 is 0 Å². The van der Waals surface area contributed by atoms with E-state index in [1.54, 1.807) is 31.2 Å². The normalized spacial score (nSPS) is 15.6. The zero-order valence-corrected chi connectivity index (χ0v) is 35.4. The number of hydrogen-bond donors (Lipinski definition) is 11. The maximum atomic E-state index is 14.4. The summed E-state index contributed by atoms with van der Waals surface area (Å²) in [5.74, 6) is -11.2. The molecule has 0 saturated heterocycles. The fourth-order valence-corrected chi connectivity index (χ4v) is 7.02. The van der Waals surface area contributed by atoms with Gasteiger partial charge in [-0.2, -0.15) is 0 Å². The smallest absolute Gasteiger partial charge is 0.475 e. The third-order valence-corrected chi connectivity index (χ3v) is 10.3. The van der Waals surface area contributed by atoms with Crippen molar-refractivity contribution in [2.75, 3.05) is 0 Å². The first kappa shape index (κ1) is 52.3. The van der Waals surface area contributed by atoms with Gasteiger partial charge in [-0.15, -0.1) is 6.58 Å². The molecule has 0 aliphatic heterocycles. The van der Waals surface area contributed by atoms with Crippen LogP contribution in [0.5, 0.6) is 0 Å². The van der Waals surface area contributed by atoms with Crippen molar-refractivity contribution in [3.63, 3.8) is 0 Å². The first-order chi connectivity index (χ1) is 29.2. The van der Waals surface area contributed by atoms with Gasteiger partial charge < -0.3 is 57.3 Å². The lowest BCUT2D eigenvalue weighted by molar-refractivity contribution is -0.142. The zero-order valence-electron chi connectivity index (χ0n) is 35.4. The summed E-state index contributed by atoms with van der Waals surface area (Å²) in [4.78, 5) is 116. The van der Waals surface area contributed by atoms with Gasteiger partial charge in [0.1, 0.15) is 30.2 Å². The first-order valence-corrected chi connectivity index (χ1v) is 20.7. The lowest BCUT2D eigenvalue weighted by atomic mass is 9.77. The molecule has 1 aromatic rings. The molecule has 0 bridgehead atoms. The molecular weight excluding hydrogens is 811 g/mol. The molecular formula is C41H61BN6O14. The Morgan fingerprint density at radius 2 is 1.26 bits per heavy atom. The van der Waals surface area contributed by atoms with Crippen LogP contribution >= 0.6 is 0 Å². The van der Waals surface area contributed by atoms with Gasteiger partial charge in [-0.3, -0.25) is 43.2 Å². The van der Waals surface area contributed by atoms with Gasteiger partial charge in [0.2, 0.25) is 35.4 Å². The first-order valence-electron chi connectivity index (χ1n) is 20.7. The number of aliphatic carboxylic acids is 3. The second kappa shape index (κ2) is 26.5. The van der Waals surface area contributed by atoms with Crippen LogP contribution in [0, 0.1) is 18.8 Å². The van der Waals surface area contributed by atoms with Gasteiger partial charge in [0.25, 0.3) is 0 Å². The van der Waals surface area contributed by atoms with Crippen molar-refractivity contribution in [2.45, 2.75) is 140 Å². The number of rotatable bonds is 27. The van der Waals surface area contributed by atoms with Crippen LogP contribution < -0.4 is 31.9 Å². The minimum Gasteiger partial charge on any atom is -0.481 e. The van der Waals surface area contributed by atoms with E-state index in [1.165, 1.54) is 6.08 Å². The molecule has 1 aromatic carbocycles. The molecule has 0 heterocycles. The zero-order chi connectivity index (χ0) is 46.5. The van der Waals surface area contributed by atoms with E-state index in [9.17, 15) is 63.4 Å². The quantitative estimate of drug-likeness (QED) is 0.0405. The van der Waals surface area contributed by atoms with Crippen LogP contribution in [-0.2, 0) is 49.6 Å². The molecule has 11 N–H and O–H groups in total. The third-order valence-electron chi connectivity index (χ3n) is 10.3. The van der Waals surface area contributed by atoms with Crippen LogP contribution in [0.2, 0.25) is 0 Å². The molecule has 1 aliphatic rings. The monoisotopic (exact) mass is 872 g/mol. The molecule has 0 radical (unpaired) electrons. The van der Waals surface area contributed by atoms with Crippen LogP contribution in [0.1, 0.15) is 102 Å². The van der Waals surface area contributed by atoms with Crippen molar-refractivity contribution in [2.24, 2.45) is 11.8 Å². The number of carbonyl (C=O) groups excluding carboxylic acids is 6. The standard InChI is InChI=1S/C41H61BN6O14/c1-5-11-31(42(61)62)47-39(58)28(20-23(2)3)46-41(60)36(25-13-7-6-8-14-25)48-40(59)29(21-26-15-10-9-12-24(26)4)45-37(56)27(16-18-33(50)51)44-38(57)30(22-35(54)55)43-32(49)17-19-34(52)53/h5,9-10,12,15,23,25,27-31,36,61-62H,1,6-8,11,13-14,16-22H2,2-4H3,(H,43,49)(H,44,57)(H,45,56)(H,46,60)(H,47,58)(H,48,59)(H,50,51)(H,52,53)(H,54,55)/t27-,28-,29-,30-,31-,36?/m0/s1. The predicted octanol–water partition coefficient (Wildman–Crippen LogP) is -0.135. The molecule has 1 aliphatic carbocycles. The summed E-state index contributed by atoms with van der Waals surface area (Å²) in [5, 5.41) is 62.5. The van der Waals surface area contributed by atoms with Gasteiger partial charge in [-0.1, -0.05) is 63.5 Å². The summed E-state index contributed by atoms with van der Waals surface area (Å²) in [5.41, 5.74) is 1.34. The number of carboxylic acids is 3. The Bertz CT molecular complexity index is 1750. The number of carbonyl (C=O) groups is 9. The molecule has 342 valence electrons. The summed E-state index contributed by atoms with van der Waals surface area (Å²) in [7, 11) is -1.92. The topological polar surface area (TPSA) is 327 Å². The molecule has 20 nitrogen and oxygen atoms in total. The molecule has 62 heavy (non-hydrogen) atoms. The largest absolute Gasteiger partial charge is 0.481 e. The van der Waals surface area contributed by atoms with Crippen LogP contribution in [0.3, 0.4) is 0 Å². The summed E-state index contributed by atoms with van der Waals surface area (Å²) < 4.78 is 0. The van der Waals surface area contributed by atoms with Gasteiger partial charge in [-0.05, 0) is 62.0 Å². The molecule has 1 fully saturated rings. The Morgan fingerprint density at radius 1 is 0.694 bits per heavy atom. The van der Waals surface area contributed by atoms with E-state index in [4.69, 9.17) is 5.11 Å². The SMILES string of the molecule is C=CC[C@H](NC(=O)[C@H](CC(C)C)NC(=O)C(NC(=O)[C@H](Cc1ccccc1C)NC(=O)[C@H](CCC(=O)O)NC(=O)[C@H](CC(=O)O)NC(=O)CCC(=O)O)C1CCCCC1)B(O)O. The van der Waals surface area contributed by atoms with Crippen molar-refractivity contribution in [3.05, 3.63) is 48.0 Å². The number of carboxylic acid groups (broad SMARTS) is 3. The average molecular weight is 873 g/mol. The third kappa shape index (κ3) is 18.8. The maximum absolute atomic E-state index is 14.4. The van der Waals surface area contributed by atoms with Gasteiger partial charge in [-0.25, -0.2) is 0 Å². The molecule has 6 atom stereocenters. The number of nitrogens with one attached hydrogen (secondary N) is 6. The Hall–Kier alpha value is -5.83. The van der Waals surface area contributed by atoms with E-state index in [2.05, 4.69) is 38.5 Å². The highest BCUT2D eigenvalue weighted by Gasteiger charge is 2.38. The highest BCUT2D eigenvalue weighted by atomic mass is 16.4. The molecule has 2 rings (SSSR count). The van der Waals surface area contributed by atoms with E-state index in [-0.39, 0.29) is 25.2 Å². The van der Waals surface area contributed by atoms with Gasteiger partial charge in [0, 0.05) is 19.3 Å². The van der Waals surface area contributed by atoms with Crippen LogP contribution in [-0.4, -0.2) is 122 Å². The lowest BCUT2D eigenvalue weighted by Crippen LogP contribution is -2.61. The number of amides is 6. The molecule has 0 aromatic heterocycles. The van der Waals surface area contributed by atoms with E-state index < -0.39 is 135 Å². The predicted molar refractivity (Wildman–Crippen MR) is 223 cm³/mol. The van der Waals surface area contributed by atoms with E-state index in [1.807, 2.05) is 13.8 Å². The summed E-state index contributed by atoms with van der Waals surface area (Å²) in [6.07, 6.45) is 1.51. The fourth-order valence-electron chi connectivity index (χ4n) is 7.02. The summed E-state index contributed by atoms with van der Waals surface area (Å²) in [6.45, 7) is 8.99. The van der Waals surface area contributed by atoms with Crippen molar-refractivity contribution in [3.8, 4) is 0 Å². The second-order valence-electron chi connectivity index (χ2n) is 15.9. The molecule has 21 heteroatoms. The Labute approximate surface area is 360 Å². The van der Waals surface area contributed by atoms with Crippen LogP contribution in [0.4, 0.5) is 0 Å². The van der Waals surface area contributed by atoms with Crippen molar-refractivity contribution >= 4 is 60.5 Å². The maximum Gasteiger partial charge on any atom is 0.475 e. The van der Waals surface area contributed by atoms with Gasteiger partial charge >= 0.3 is 25.0 Å². The van der Waals surface area contributed by atoms with E-state index in [0.717, 1.165) is 24.8 Å². The average Bonchev–Trinajstić information content (AvgIpc) is 3.20. The highest BCUT2D eigenvalue weighted by Crippen LogP contribution is 2.27. The Kier molecular flexibility index (Phi) is 22.4. The second-order valence-corrected chi connectivity index (χ2v) is 15.9. The summed E-state index contributed by atoms with van der Waals surface area (Å²) in [6, 6.07) is -0.352.